The fourth-order valence-electron chi connectivity index (χ4n) is 2.92. The molecule has 2 heterocycles. The van der Waals surface area contributed by atoms with Crippen molar-refractivity contribution in [2.75, 3.05) is 18.1 Å². The molecule has 0 fully saturated rings. The number of aromatic nitrogens is 2. The van der Waals surface area contributed by atoms with Gasteiger partial charge in [-0.3, -0.25) is 4.79 Å². The summed E-state index contributed by atoms with van der Waals surface area (Å²) >= 11 is 0. The van der Waals surface area contributed by atoms with E-state index in [0.29, 0.717) is 35.1 Å². The Bertz CT molecular complexity index is 987. The molecular weight excluding hydrogens is 365 g/mol. The molecule has 1 aliphatic heterocycles. The molecule has 28 heavy (non-hydrogen) atoms. The maximum absolute atomic E-state index is 12.9. The van der Waals surface area contributed by atoms with Crippen molar-refractivity contribution in [2.45, 2.75) is 20.0 Å². The van der Waals surface area contributed by atoms with Gasteiger partial charge < -0.3 is 18.9 Å². The molecule has 1 aliphatic rings. The highest BCUT2D eigenvalue weighted by Gasteiger charge is 2.25. The quantitative estimate of drug-likeness (QED) is 0.647. The number of nitrogens with zero attached hydrogens (tertiary/aromatic N) is 3. The van der Waals surface area contributed by atoms with Gasteiger partial charge in [0.05, 0.1) is 5.69 Å². The normalized spacial score (nSPS) is 13.2. The standard InChI is InChI=1S/C20H18FN3O4/c1-2-9-24-16-10-13(3-8-17(16)27-12-19(24)25)20-22-18(28-23-20)11-26-15-6-4-14(21)5-7-15/h3-8,10H,2,9,11-12H2,1H3. The van der Waals surface area contributed by atoms with Crippen molar-refractivity contribution >= 4 is 11.6 Å². The van der Waals surface area contributed by atoms with Gasteiger partial charge in [0.15, 0.2) is 13.2 Å². The van der Waals surface area contributed by atoms with Crippen molar-refractivity contribution in [3.8, 4) is 22.9 Å². The minimum absolute atomic E-state index is 0.0411. The number of fused-ring (bicyclic) bond motifs is 1. The van der Waals surface area contributed by atoms with Crippen LogP contribution in [0.15, 0.2) is 47.0 Å². The molecule has 0 radical (unpaired) electrons. The second kappa shape index (κ2) is 7.67. The monoisotopic (exact) mass is 383 g/mol. The van der Waals surface area contributed by atoms with Gasteiger partial charge in [-0.25, -0.2) is 4.39 Å². The lowest BCUT2D eigenvalue weighted by Crippen LogP contribution is -2.39. The molecule has 0 bridgehead atoms. The van der Waals surface area contributed by atoms with Gasteiger partial charge in [-0.2, -0.15) is 4.98 Å². The summed E-state index contributed by atoms with van der Waals surface area (Å²) in [5.41, 5.74) is 1.40. The van der Waals surface area contributed by atoms with Crippen LogP contribution in [0.2, 0.25) is 0 Å². The van der Waals surface area contributed by atoms with E-state index in [4.69, 9.17) is 14.0 Å². The van der Waals surface area contributed by atoms with Crippen LogP contribution in [-0.2, 0) is 11.4 Å². The molecule has 0 N–H and O–H groups in total. The lowest BCUT2D eigenvalue weighted by molar-refractivity contribution is -0.121. The van der Waals surface area contributed by atoms with Crippen molar-refractivity contribution in [1.29, 1.82) is 0 Å². The van der Waals surface area contributed by atoms with E-state index in [-0.39, 0.29) is 30.8 Å². The number of benzene rings is 2. The SMILES string of the molecule is CCCN1C(=O)COc2ccc(-c3noc(COc4ccc(F)cc4)n3)cc21. The Balaban J connectivity index is 1.52. The first-order chi connectivity index (χ1) is 13.6. The van der Waals surface area contributed by atoms with Gasteiger partial charge in [-0.1, -0.05) is 12.1 Å². The Morgan fingerprint density at radius 1 is 1.21 bits per heavy atom. The summed E-state index contributed by atoms with van der Waals surface area (Å²) in [5, 5.41) is 3.98. The van der Waals surface area contributed by atoms with Crippen molar-refractivity contribution in [2.24, 2.45) is 0 Å². The van der Waals surface area contributed by atoms with Crippen LogP contribution in [0.3, 0.4) is 0 Å². The maximum Gasteiger partial charge on any atom is 0.265 e. The van der Waals surface area contributed by atoms with Crippen LogP contribution in [0, 0.1) is 5.82 Å². The molecule has 2 aromatic carbocycles. The highest BCUT2D eigenvalue weighted by molar-refractivity contribution is 5.98. The summed E-state index contributed by atoms with van der Waals surface area (Å²) in [4.78, 5) is 18.2. The average Bonchev–Trinajstić information content (AvgIpc) is 3.18. The van der Waals surface area contributed by atoms with E-state index in [1.165, 1.54) is 24.3 Å². The number of anilines is 1. The van der Waals surface area contributed by atoms with E-state index in [1.54, 1.807) is 11.0 Å². The predicted molar refractivity (Wildman–Crippen MR) is 98.6 cm³/mol. The van der Waals surface area contributed by atoms with Gasteiger partial charge >= 0.3 is 0 Å². The van der Waals surface area contributed by atoms with Crippen LogP contribution >= 0.6 is 0 Å². The minimum atomic E-state index is -0.334. The van der Waals surface area contributed by atoms with Gasteiger partial charge in [-0.15, -0.1) is 0 Å². The van der Waals surface area contributed by atoms with Gasteiger partial charge in [0.2, 0.25) is 5.82 Å². The van der Waals surface area contributed by atoms with E-state index in [0.717, 1.165) is 6.42 Å². The molecule has 3 aromatic rings. The maximum atomic E-state index is 12.9. The van der Waals surface area contributed by atoms with Crippen molar-refractivity contribution in [3.05, 3.63) is 54.2 Å². The summed E-state index contributed by atoms with van der Waals surface area (Å²) in [6.07, 6.45) is 0.836. The fraction of sp³-hybridized carbons (Fsp3) is 0.250. The number of ether oxygens (including phenoxy) is 2. The van der Waals surface area contributed by atoms with E-state index < -0.39 is 0 Å². The first-order valence-corrected chi connectivity index (χ1v) is 8.92. The fourth-order valence-corrected chi connectivity index (χ4v) is 2.92. The number of rotatable bonds is 6. The molecule has 0 spiro atoms. The molecule has 0 unspecified atom stereocenters. The Labute approximate surface area is 160 Å². The van der Waals surface area contributed by atoms with Gasteiger partial charge in [0.25, 0.3) is 11.8 Å². The van der Waals surface area contributed by atoms with E-state index in [2.05, 4.69) is 10.1 Å². The Hall–Kier alpha value is -3.42. The highest BCUT2D eigenvalue weighted by atomic mass is 19.1. The number of carbonyl (C=O) groups excluding carboxylic acids is 1. The zero-order valence-electron chi connectivity index (χ0n) is 15.2. The third-order valence-electron chi connectivity index (χ3n) is 4.25. The molecule has 0 aliphatic carbocycles. The van der Waals surface area contributed by atoms with E-state index in [1.807, 2.05) is 19.1 Å². The Kier molecular flexibility index (Phi) is 4.92. The number of amides is 1. The molecular formula is C20H18FN3O4. The second-order valence-corrected chi connectivity index (χ2v) is 6.27. The van der Waals surface area contributed by atoms with Crippen LogP contribution in [0.25, 0.3) is 11.4 Å². The average molecular weight is 383 g/mol. The van der Waals surface area contributed by atoms with Gasteiger partial charge in [0.1, 0.15) is 17.3 Å². The molecule has 7 nitrogen and oxygen atoms in total. The predicted octanol–water partition coefficient (Wildman–Crippen LogP) is 3.59. The lowest BCUT2D eigenvalue weighted by Gasteiger charge is -2.29. The second-order valence-electron chi connectivity index (χ2n) is 6.27. The lowest BCUT2D eigenvalue weighted by atomic mass is 10.1. The largest absolute Gasteiger partial charge is 0.484 e. The van der Waals surface area contributed by atoms with Crippen LogP contribution < -0.4 is 14.4 Å². The first-order valence-electron chi connectivity index (χ1n) is 8.92. The number of hydrogen-bond donors (Lipinski definition) is 0. The third kappa shape index (κ3) is 3.66. The van der Waals surface area contributed by atoms with Crippen LogP contribution in [0.1, 0.15) is 19.2 Å². The third-order valence-corrected chi connectivity index (χ3v) is 4.25. The summed E-state index contributed by atoms with van der Waals surface area (Å²) in [6, 6.07) is 11.1. The molecule has 1 amide bonds. The zero-order chi connectivity index (χ0) is 19.5. The van der Waals surface area contributed by atoms with E-state index >= 15 is 0 Å². The summed E-state index contributed by atoms with van der Waals surface area (Å²) < 4.78 is 29.2. The number of halogens is 1. The van der Waals surface area contributed by atoms with Gasteiger partial charge in [0, 0.05) is 12.1 Å². The molecule has 1 aromatic heterocycles. The molecule has 0 saturated heterocycles. The molecule has 4 rings (SSSR count). The summed E-state index contributed by atoms with van der Waals surface area (Å²) in [5.74, 6) is 1.41. The minimum Gasteiger partial charge on any atom is -0.484 e. The van der Waals surface area contributed by atoms with Crippen molar-refractivity contribution in [1.82, 2.24) is 10.1 Å². The molecule has 144 valence electrons. The molecule has 0 atom stereocenters. The smallest absolute Gasteiger partial charge is 0.265 e. The topological polar surface area (TPSA) is 77.7 Å². The number of hydrogen-bond acceptors (Lipinski definition) is 6. The van der Waals surface area contributed by atoms with Gasteiger partial charge in [-0.05, 0) is 48.9 Å². The molecule has 8 heteroatoms. The zero-order valence-corrected chi connectivity index (χ0v) is 15.2. The Morgan fingerprint density at radius 2 is 2.04 bits per heavy atom. The number of carbonyl (C=O) groups is 1. The van der Waals surface area contributed by atoms with Crippen LogP contribution in [0.5, 0.6) is 11.5 Å². The van der Waals surface area contributed by atoms with Crippen LogP contribution in [0.4, 0.5) is 10.1 Å². The van der Waals surface area contributed by atoms with Crippen molar-refractivity contribution in [3.63, 3.8) is 0 Å². The van der Waals surface area contributed by atoms with Crippen LogP contribution in [-0.4, -0.2) is 29.2 Å². The highest BCUT2D eigenvalue weighted by Crippen LogP contribution is 2.35. The summed E-state index contributed by atoms with van der Waals surface area (Å²) in [7, 11) is 0. The molecule has 0 saturated carbocycles. The van der Waals surface area contributed by atoms with E-state index in [9.17, 15) is 9.18 Å². The first kappa shape index (κ1) is 18.0. The summed E-state index contributed by atoms with van der Waals surface area (Å²) in [6.45, 7) is 2.73. The Morgan fingerprint density at radius 3 is 2.82 bits per heavy atom. The van der Waals surface area contributed by atoms with Crippen molar-refractivity contribution < 1.29 is 23.2 Å².